The fourth-order valence-corrected chi connectivity index (χ4v) is 2.83. The van der Waals surface area contributed by atoms with Crippen molar-refractivity contribution in [3.63, 3.8) is 0 Å². The third-order valence-electron chi connectivity index (χ3n) is 4.07. The van der Waals surface area contributed by atoms with Crippen LogP contribution in [0.25, 0.3) is 0 Å². The van der Waals surface area contributed by atoms with Crippen LogP contribution < -0.4 is 15.2 Å². The van der Waals surface area contributed by atoms with E-state index >= 15 is 0 Å². The second-order valence-corrected chi connectivity index (χ2v) is 5.41. The smallest absolute Gasteiger partial charge is 0.163 e. The molecule has 0 atom stereocenters. The molecule has 5 nitrogen and oxygen atoms in total. The molecule has 1 aromatic carbocycles. The van der Waals surface area contributed by atoms with Gasteiger partial charge in [-0.15, -0.1) is 0 Å². The Bertz CT molecular complexity index is 470. The molecule has 3 rings (SSSR count). The maximum atomic E-state index is 6.13. The highest BCUT2D eigenvalue weighted by atomic mass is 16.6. The van der Waals surface area contributed by atoms with E-state index in [0.717, 1.165) is 55.2 Å². The standard InChI is InChI=1S/C15H22N2O3/c1-18-12-2-4-17(5-3-12)10-11-8-14-15(9-13(11)16)20-7-6-19-14/h8-9,12H,2-7,10,16H2,1H3. The van der Waals surface area contributed by atoms with E-state index in [1.165, 1.54) is 0 Å². The van der Waals surface area contributed by atoms with Crippen molar-refractivity contribution in [1.29, 1.82) is 0 Å². The molecule has 2 N–H and O–H groups in total. The lowest BCUT2D eigenvalue weighted by Gasteiger charge is -2.31. The van der Waals surface area contributed by atoms with Crippen LogP contribution in [0.3, 0.4) is 0 Å². The average Bonchev–Trinajstić information content (AvgIpc) is 2.49. The molecule has 110 valence electrons. The number of hydrogen-bond acceptors (Lipinski definition) is 5. The quantitative estimate of drug-likeness (QED) is 0.852. The highest BCUT2D eigenvalue weighted by Gasteiger charge is 2.21. The summed E-state index contributed by atoms with van der Waals surface area (Å²) in [5.74, 6) is 1.57. The Labute approximate surface area is 119 Å². The zero-order valence-electron chi connectivity index (χ0n) is 11.9. The molecule has 0 aliphatic carbocycles. The van der Waals surface area contributed by atoms with Crippen LogP contribution in [0.15, 0.2) is 12.1 Å². The number of nitrogens with two attached hydrogens (primary N) is 1. The molecule has 1 fully saturated rings. The number of methoxy groups -OCH3 is 1. The van der Waals surface area contributed by atoms with Crippen LogP contribution in [0.2, 0.25) is 0 Å². The van der Waals surface area contributed by atoms with Gasteiger partial charge < -0.3 is 19.9 Å². The SMILES string of the molecule is COC1CCN(Cc2cc3c(cc2N)OCCO3)CC1. The molecule has 2 heterocycles. The Morgan fingerprint density at radius 2 is 1.85 bits per heavy atom. The van der Waals surface area contributed by atoms with Crippen molar-refractivity contribution in [1.82, 2.24) is 4.90 Å². The van der Waals surface area contributed by atoms with Crippen LogP contribution >= 0.6 is 0 Å². The molecule has 0 bridgehead atoms. The van der Waals surface area contributed by atoms with Gasteiger partial charge in [0, 0.05) is 38.5 Å². The Morgan fingerprint density at radius 3 is 2.50 bits per heavy atom. The van der Waals surface area contributed by atoms with Gasteiger partial charge in [-0.2, -0.15) is 0 Å². The second-order valence-electron chi connectivity index (χ2n) is 5.41. The fourth-order valence-electron chi connectivity index (χ4n) is 2.83. The first-order chi connectivity index (χ1) is 9.76. The Morgan fingerprint density at radius 1 is 1.20 bits per heavy atom. The number of rotatable bonds is 3. The fraction of sp³-hybridized carbons (Fsp3) is 0.600. The molecule has 0 radical (unpaired) electrons. The van der Waals surface area contributed by atoms with Crippen molar-refractivity contribution >= 4 is 5.69 Å². The molecule has 0 spiro atoms. The molecule has 1 aromatic rings. The molecule has 20 heavy (non-hydrogen) atoms. The van der Waals surface area contributed by atoms with Gasteiger partial charge in [0.1, 0.15) is 13.2 Å². The zero-order chi connectivity index (χ0) is 13.9. The van der Waals surface area contributed by atoms with Crippen LogP contribution in [0.4, 0.5) is 5.69 Å². The number of hydrogen-bond donors (Lipinski definition) is 1. The number of anilines is 1. The lowest BCUT2D eigenvalue weighted by Crippen LogP contribution is -2.36. The van der Waals surface area contributed by atoms with Gasteiger partial charge in [0.15, 0.2) is 11.5 Å². The van der Waals surface area contributed by atoms with Gasteiger partial charge in [0.2, 0.25) is 0 Å². The van der Waals surface area contributed by atoms with E-state index in [2.05, 4.69) is 4.90 Å². The van der Waals surface area contributed by atoms with Gasteiger partial charge in [-0.1, -0.05) is 0 Å². The van der Waals surface area contributed by atoms with Gasteiger partial charge in [-0.3, -0.25) is 4.90 Å². The van der Waals surface area contributed by atoms with Crippen molar-refractivity contribution in [2.75, 3.05) is 39.1 Å². The van der Waals surface area contributed by atoms with E-state index in [9.17, 15) is 0 Å². The second kappa shape index (κ2) is 5.89. The highest BCUT2D eigenvalue weighted by Crippen LogP contribution is 2.35. The highest BCUT2D eigenvalue weighted by molar-refractivity contribution is 5.58. The molecular formula is C15H22N2O3. The molecule has 2 aliphatic heterocycles. The molecule has 0 unspecified atom stereocenters. The summed E-state index contributed by atoms with van der Waals surface area (Å²) >= 11 is 0. The van der Waals surface area contributed by atoms with Crippen LogP contribution in [-0.4, -0.2) is 44.4 Å². The van der Waals surface area contributed by atoms with Crippen molar-refractivity contribution in [2.24, 2.45) is 0 Å². The molecule has 5 heteroatoms. The lowest BCUT2D eigenvalue weighted by molar-refractivity contribution is 0.0389. The van der Waals surface area contributed by atoms with E-state index in [-0.39, 0.29) is 0 Å². The van der Waals surface area contributed by atoms with Gasteiger partial charge in [0.25, 0.3) is 0 Å². The average molecular weight is 278 g/mol. The zero-order valence-corrected chi connectivity index (χ0v) is 11.9. The summed E-state index contributed by atoms with van der Waals surface area (Å²) in [5.41, 5.74) is 8.02. The number of nitrogen functional groups attached to an aromatic ring is 1. The maximum Gasteiger partial charge on any atom is 0.163 e. The minimum absolute atomic E-state index is 0.406. The lowest BCUT2D eigenvalue weighted by atomic mass is 10.1. The minimum atomic E-state index is 0.406. The van der Waals surface area contributed by atoms with Crippen molar-refractivity contribution in [2.45, 2.75) is 25.5 Å². The number of nitrogens with zero attached hydrogens (tertiary/aromatic N) is 1. The summed E-state index contributed by atoms with van der Waals surface area (Å²) in [6.07, 6.45) is 2.57. The van der Waals surface area contributed by atoms with E-state index in [1.54, 1.807) is 7.11 Å². The summed E-state index contributed by atoms with van der Waals surface area (Å²) in [6.45, 7) is 4.16. The van der Waals surface area contributed by atoms with Gasteiger partial charge in [-0.25, -0.2) is 0 Å². The minimum Gasteiger partial charge on any atom is -0.486 e. The molecule has 1 saturated heterocycles. The first kappa shape index (κ1) is 13.5. The Hall–Kier alpha value is -1.46. The Balaban J connectivity index is 1.68. The van der Waals surface area contributed by atoms with Crippen LogP contribution in [0.5, 0.6) is 11.5 Å². The molecule has 0 amide bonds. The predicted octanol–water partition coefficient (Wildman–Crippen LogP) is 1.65. The van der Waals surface area contributed by atoms with E-state index in [4.69, 9.17) is 19.9 Å². The van der Waals surface area contributed by atoms with E-state index in [0.29, 0.717) is 19.3 Å². The summed E-state index contributed by atoms with van der Waals surface area (Å²) in [5, 5.41) is 0. The van der Waals surface area contributed by atoms with Crippen LogP contribution in [0, 0.1) is 0 Å². The third-order valence-corrected chi connectivity index (χ3v) is 4.07. The topological polar surface area (TPSA) is 57.0 Å². The summed E-state index contributed by atoms with van der Waals surface area (Å²) in [4.78, 5) is 2.41. The number of ether oxygens (including phenoxy) is 3. The van der Waals surface area contributed by atoms with E-state index in [1.807, 2.05) is 12.1 Å². The largest absolute Gasteiger partial charge is 0.486 e. The normalized spacial score (nSPS) is 20.1. The van der Waals surface area contributed by atoms with Crippen molar-refractivity contribution < 1.29 is 14.2 Å². The van der Waals surface area contributed by atoms with Crippen molar-refractivity contribution in [3.05, 3.63) is 17.7 Å². The third kappa shape index (κ3) is 2.83. The number of fused-ring (bicyclic) bond motifs is 1. The molecule has 2 aliphatic rings. The number of piperidine rings is 1. The molecule has 0 saturated carbocycles. The first-order valence-electron chi connectivity index (χ1n) is 7.19. The molecule has 0 aromatic heterocycles. The Kier molecular flexibility index (Phi) is 3.98. The summed E-state index contributed by atoms with van der Waals surface area (Å²) < 4.78 is 16.6. The maximum absolute atomic E-state index is 6.13. The van der Waals surface area contributed by atoms with Crippen LogP contribution in [0.1, 0.15) is 18.4 Å². The number of likely N-dealkylation sites (tertiary alicyclic amines) is 1. The summed E-state index contributed by atoms with van der Waals surface area (Å²) in [7, 11) is 1.79. The monoisotopic (exact) mass is 278 g/mol. The van der Waals surface area contributed by atoms with E-state index < -0.39 is 0 Å². The predicted molar refractivity (Wildman–Crippen MR) is 77.2 cm³/mol. The van der Waals surface area contributed by atoms with Gasteiger partial charge >= 0.3 is 0 Å². The van der Waals surface area contributed by atoms with Crippen molar-refractivity contribution in [3.8, 4) is 11.5 Å². The molecular weight excluding hydrogens is 256 g/mol. The number of benzene rings is 1. The first-order valence-corrected chi connectivity index (χ1v) is 7.19. The summed E-state index contributed by atoms with van der Waals surface area (Å²) in [6, 6.07) is 3.90. The van der Waals surface area contributed by atoms with Gasteiger partial charge in [-0.05, 0) is 24.5 Å². The van der Waals surface area contributed by atoms with Crippen LogP contribution in [-0.2, 0) is 11.3 Å². The van der Waals surface area contributed by atoms with Gasteiger partial charge in [0.05, 0.1) is 6.10 Å².